The third-order valence-electron chi connectivity index (χ3n) is 2.57. The number of carbonyl (C=O) groups excluding carboxylic acids is 1. The predicted molar refractivity (Wildman–Crippen MR) is 57.0 cm³/mol. The van der Waals surface area contributed by atoms with Crippen molar-refractivity contribution in [2.45, 2.75) is 12.3 Å². The molecule has 1 aromatic carbocycles. The standard InChI is InChI=1S/C11H11BrO2/c1-14-11(13)10-6-9(10)7-3-2-4-8(12)5-7/h2-5,9-10H,6H2,1H3/t9-,10?/m1/s1. The quantitative estimate of drug-likeness (QED) is 0.759. The number of ether oxygens (including phenoxy) is 1. The van der Waals surface area contributed by atoms with Gasteiger partial charge in [-0.15, -0.1) is 0 Å². The molecular formula is C11H11BrO2. The fourth-order valence-corrected chi connectivity index (χ4v) is 2.13. The van der Waals surface area contributed by atoms with Crippen LogP contribution in [0.3, 0.4) is 0 Å². The summed E-state index contributed by atoms with van der Waals surface area (Å²) in [7, 11) is 1.44. The number of halogens is 1. The van der Waals surface area contributed by atoms with Gasteiger partial charge in [-0.1, -0.05) is 28.1 Å². The Hall–Kier alpha value is -0.830. The molecule has 1 fully saturated rings. The highest BCUT2D eigenvalue weighted by Crippen LogP contribution is 2.48. The largest absolute Gasteiger partial charge is 0.469 e. The number of hydrogen-bond donors (Lipinski definition) is 0. The van der Waals surface area contributed by atoms with Gasteiger partial charge in [0.1, 0.15) is 0 Å². The van der Waals surface area contributed by atoms with Crippen LogP contribution in [0.5, 0.6) is 0 Å². The van der Waals surface area contributed by atoms with Crippen LogP contribution in [0.4, 0.5) is 0 Å². The minimum atomic E-state index is -0.0880. The molecule has 1 aliphatic carbocycles. The van der Waals surface area contributed by atoms with Crippen LogP contribution in [0.2, 0.25) is 0 Å². The maximum atomic E-state index is 11.2. The third kappa shape index (κ3) is 1.82. The number of carbonyl (C=O) groups is 1. The second-order valence-electron chi connectivity index (χ2n) is 3.53. The lowest BCUT2D eigenvalue weighted by atomic mass is 10.1. The van der Waals surface area contributed by atoms with Crippen molar-refractivity contribution >= 4 is 21.9 Å². The van der Waals surface area contributed by atoms with E-state index in [-0.39, 0.29) is 11.9 Å². The molecule has 2 rings (SSSR count). The van der Waals surface area contributed by atoms with E-state index in [0.717, 1.165) is 10.9 Å². The summed E-state index contributed by atoms with van der Waals surface area (Å²) >= 11 is 3.42. The Morgan fingerprint density at radius 1 is 1.57 bits per heavy atom. The zero-order valence-corrected chi connectivity index (χ0v) is 9.45. The van der Waals surface area contributed by atoms with Crippen LogP contribution < -0.4 is 0 Å². The molecule has 2 atom stereocenters. The van der Waals surface area contributed by atoms with Crippen LogP contribution in [0.1, 0.15) is 17.9 Å². The monoisotopic (exact) mass is 254 g/mol. The molecule has 0 aliphatic heterocycles. The lowest BCUT2D eigenvalue weighted by molar-refractivity contribution is -0.142. The summed E-state index contributed by atoms with van der Waals surface area (Å²) in [6.07, 6.45) is 0.920. The van der Waals surface area contributed by atoms with Crippen LogP contribution in [-0.4, -0.2) is 13.1 Å². The van der Waals surface area contributed by atoms with Gasteiger partial charge in [-0.2, -0.15) is 0 Å². The molecule has 0 spiro atoms. The molecule has 74 valence electrons. The summed E-state index contributed by atoms with van der Waals surface area (Å²) in [5.74, 6) is 0.351. The van der Waals surface area contributed by atoms with E-state index in [9.17, 15) is 4.79 Å². The van der Waals surface area contributed by atoms with E-state index < -0.39 is 0 Å². The summed E-state index contributed by atoms with van der Waals surface area (Å²) in [5.41, 5.74) is 1.22. The maximum absolute atomic E-state index is 11.2. The number of hydrogen-bond acceptors (Lipinski definition) is 2. The summed E-state index contributed by atoms with van der Waals surface area (Å²) in [5, 5.41) is 0. The van der Waals surface area contributed by atoms with E-state index in [1.165, 1.54) is 12.7 Å². The van der Waals surface area contributed by atoms with Crippen LogP contribution in [0.25, 0.3) is 0 Å². The van der Waals surface area contributed by atoms with Crippen molar-refractivity contribution in [3.05, 3.63) is 34.3 Å². The fraction of sp³-hybridized carbons (Fsp3) is 0.364. The normalized spacial score (nSPS) is 24.4. The van der Waals surface area contributed by atoms with Crippen molar-refractivity contribution in [3.8, 4) is 0 Å². The number of esters is 1. The number of methoxy groups -OCH3 is 1. The second-order valence-corrected chi connectivity index (χ2v) is 4.44. The molecule has 0 amide bonds. The Morgan fingerprint density at radius 3 is 3.00 bits per heavy atom. The first-order chi connectivity index (χ1) is 6.72. The van der Waals surface area contributed by atoms with Gasteiger partial charge >= 0.3 is 5.97 Å². The van der Waals surface area contributed by atoms with E-state index in [1.54, 1.807) is 0 Å². The predicted octanol–water partition coefficient (Wildman–Crippen LogP) is 2.73. The third-order valence-corrected chi connectivity index (χ3v) is 3.06. The highest BCUT2D eigenvalue weighted by molar-refractivity contribution is 9.10. The highest BCUT2D eigenvalue weighted by atomic mass is 79.9. The molecule has 0 radical (unpaired) electrons. The van der Waals surface area contributed by atoms with E-state index in [4.69, 9.17) is 4.74 Å². The minimum Gasteiger partial charge on any atom is -0.469 e. The van der Waals surface area contributed by atoms with Crippen LogP contribution in [0, 0.1) is 5.92 Å². The van der Waals surface area contributed by atoms with E-state index in [1.807, 2.05) is 12.1 Å². The molecule has 1 saturated carbocycles. The fourth-order valence-electron chi connectivity index (χ4n) is 1.71. The molecule has 0 heterocycles. The van der Waals surface area contributed by atoms with Gasteiger partial charge in [0.25, 0.3) is 0 Å². The van der Waals surface area contributed by atoms with Crippen molar-refractivity contribution in [1.82, 2.24) is 0 Å². The molecule has 14 heavy (non-hydrogen) atoms. The molecular weight excluding hydrogens is 244 g/mol. The first-order valence-corrected chi connectivity index (χ1v) is 5.35. The first kappa shape index (κ1) is 9.71. The van der Waals surface area contributed by atoms with Gasteiger partial charge in [0.05, 0.1) is 13.0 Å². The lowest BCUT2D eigenvalue weighted by Crippen LogP contribution is -2.03. The zero-order chi connectivity index (χ0) is 10.1. The average molecular weight is 255 g/mol. The van der Waals surface area contributed by atoms with Gasteiger partial charge in [-0.3, -0.25) is 4.79 Å². The molecule has 1 aromatic rings. The highest BCUT2D eigenvalue weighted by Gasteiger charge is 2.44. The smallest absolute Gasteiger partial charge is 0.309 e. The zero-order valence-electron chi connectivity index (χ0n) is 7.87. The average Bonchev–Trinajstić information content (AvgIpc) is 2.96. The molecule has 1 unspecified atom stereocenters. The summed E-state index contributed by atoms with van der Waals surface area (Å²) < 4.78 is 5.77. The van der Waals surface area contributed by atoms with Gasteiger partial charge in [0.15, 0.2) is 0 Å². The van der Waals surface area contributed by atoms with E-state index in [2.05, 4.69) is 28.1 Å². The summed E-state index contributed by atoms with van der Waals surface area (Å²) in [6.45, 7) is 0. The van der Waals surface area contributed by atoms with Gasteiger partial charge in [0.2, 0.25) is 0 Å². The topological polar surface area (TPSA) is 26.3 Å². The van der Waals surface area contributed by atoms with Gasteiger partial charge in [-0.05, 0) is 30.0 Å². The summed E-state index contributed by atoms with van der Waals surface area (Å²) in [4.78, 5) is 11.2. The van der Waals surface area contributed by atoms with E-state index in [0.29, 0.717) is 5.92 Å². The maximum Gasteiger partial charge on any atom is 0.309 e. The van der Waals surface area contributed by atoms with Gasteiger partial charge in [0, 0.05) is 4.47 Å². The number of rotatable bonds is 2. The van der Waals surface area contributed by atoms with Crippen molar-refractivity contribution in [3.63, 3.8) is 0 Å². The molecule has 3 heteroatoms. The SMILES string of the molecule is COC(=O)C1C[C@@H]1c1cccc(Br)c1. The molecule has 2 nitrogen and oxygen atoms in total. The minimum absolute atomic E-state index is 0.0781. The van der Waals surface area contributed by atoms with Crippen LogP contribution in [-0.2, 0) is 9.53 Å². The Morgan fingerprint density at radius 2 is 2.36 bits per heavy atom. The van der Waals surface area contributed by atoms with Crippen molar-refractivity contribution in [2.75, 3.05) is 7.11 Å². The van der Waals surface area contributed by atoms with Gasteiger partial charge in [-0.25, -0.2) is 0 Å². The Balaban J connectivity index is 2.09. The Labute approximate surface area is 91.4 Å². The molecule has 0 saturated heterocycles. The molecule has 0 bridgehead atoms. The van der Waals surface area contributed by atoms with Gasteiger partial charge < -0.3 is 4.74 Å². The van der Waals surface area contributed by atoms with Crippen molar-refractivity contribution < 1.29 is 9.53 Å². The Kier molecular flexibility index (Phi) is 2.59. The Bertz CT molecular complexity index is 362. The molecule has 1 aliphatic rings. The van der Waals surface area contributed by atoms with E-state index >= 15 is 0 Å². The van der Waals surface area contributed by atoms with Crippen molar-refractivity contribution in [2.24, 2.45) is 5.92 Å². The van der Waals surface area contributed by atoms with Crippen molar-refractivity contribution in [1.29, 1.82) is 0 Å². The number of benzene rings is 1. The second kappa shape index (κ2) is 3.73. The van der Waals surface area contributed by atoms with Crippen LogP contribution in [0.15, 0.2) is 28.7 Å². The molecule has 0 N–H and O–H groups in total. The summed E-state index contributed by atoms with van der Waals surface area (Å²) in [6, 6.07) is 8.09. The molecule has 0 aromatic heterocycles. The van der Waals surface area contributed by atoms with Crippen LogP contribution >= 0.6 is 15.9 Å². The first-order valence-electron chi connectivity index (χ1n) is 4.55. The lowest BCUT2D eigenvalue weighted by Gasteiger charge is -2.00.